The van der Waals surface area contributed by atoms with Gasteiger partial charge in [-0.25, -0.2) is 0 Å². The lowest BCUT2D eigenvalue weighted by Gasteiger charge is -2.38. The summed E-state index contributed by atoms with van der Waals surface area (Å²) in [4.78, 5) is 30.2. The molecular weight excluding hydrogens is 478 g/mol. The lowest BCUT2D eigenvalue weighted by Crippen LogP contribution is -2.49. The molecule has 0 saturated carbocycles. The maximum Gasteiger partial charge on any atom is 0.258 e. The van der Waals surface area contributed by atoms with Crippen molar-refractivity contribution in [2.24, 2.45) is 5.92 Å². The molecule has 0 saturated heterocycles. The van der Waals surface area contributed by atoms with Crippen LogP contribution >= 0.6 is 0 Å². The first-order valence-corrected chi connectivity index (χ1v) is 13.1. The molecule has 0 aliphatic carbocycles. The minimum absolute atomic E-state index is 0.0320. The van der Waals surface area contributed by atoms with Crippen LogP contribution in [0.4, 0.5) is 5.69 Å². The first kappa shape index (κ1) is 27.4. The zero-order chi connectivity index (χ0) is 27.1. The second-order valence-corrected chi connectivity index (χ2v) is 10.2. The number of rotatable bonds is 9. The fraction of sp³-hybridized carbons (Fsp3) is 0.355. The third kappa shape index (κ3) is 7.00. The Kier molecular flexibility index (Phi) is 9.15. The van der Waals surface area contributed by atoms with Gasteiger partial charge in [0.1, 0.15) is 11.9 Å². The van der Waals surface area contributed by atoms with Gasteiger partial charge in [0.15, 0.2) is 0 Å². The molecule has 0 spiro atoms. The monoisotopic (exact) mass is 515 g/mol. The summed E-state index contributed by atoms with van der Waals surface area (Å²) >= 11 is 0. The van der Waals surface area contributed by atoms with E-state index in [1.807, 2.05) is 55.5 Å². The maximum absolute atomic E-state index is 13.6. The summed E-state index contributed by atoms with van der Waals surface area (Å²) in [6, 6.07) is 24.6. The Balaban J connectivity index is 1.56. The molecule has 1 aliphatic heterocycles. The molecule has 2 N–H and O–H groups in total. The van der Waals surface area contributed by atoms with Crippen molar-refractivity contribution in [3.8, 4) is 5.75 Å². The Morgan fingerprint density at radius 1 is 1.08 bits per heavy atom. The Bertz CT molecular complexity index is 1220. The molecule has 1 heterocycles. The number of amides is 2. The van der Waals surface area contributed by atoms with Gasteiger partial charge in [-0.3, -0.25) is 14.5 Å². The molecule has 200 valence electrons. The van der Waals surface area contributed by atoms with Gasteiger partial charge in [-0.2, -0.15) is 0 Å². The van der Waals surface area contributed by atoms with E-state index in [1.165, 1.54) is 5.56 Å². The zero-order valence-electron chi connectivity index (χ0n) is 22.3. The predicted octanol–water partition coefficient (Wildman–Crippen LogP) is 4.22. The lowest BCUT2D eigenvalue weighted by atomic mass is 9.99. The number of carbonyl (C=O) groups excluding carboxylic acids is 2. The molecule has 4 rings (SSSR count). The molecule has 3 aromatic carbocycles. The van der Waals surface area contributed by atoms with Crippen LogP contribution in [0.3, 0.4) is 0 Å². The SMILES string of the molecule is C[C@H](CO)N1C[C@H](C)[C@H](CN(C)Cc2ccccc2)Oc2ccc(NC(=O)Cc3ccccc3)cc2C1=O. The topological polar surface area (TPSA) is 82.1 Å². The fourth-order valence-corrected chi connectivity index (χ4v) is 4.77. The van der Waals surface area contributed by atoms with Gasteiger partial charge >= 0.3 is 0 Å². The van der Waals surface area contributed by atoms with Crippen molar-refractivity contribution in [3.63, 3.8) is 0 Å². The highest BCUT2D eigenvalue weighted by Crippen LogP contribution is 2.31. The van der Waals surface area contributed by atoms with Crippen molar-refractivity contribution < 1.29 is 19.4 Å². The highest BCUT2D eigenvalue weighted by atomic mass is 16.5. The van der Waals surface area contributed by atoms with Crippen LogP contribution in [0.25, 0.3) is 0 Å². The molecule has 0 aromatic heterocycles. The van der Waals surface area contributed by atoms with Gasteiger partial charge < -0.3 is 20.1 Å². The summed E-state index contributed by atoms with van der Waals surface area (Å²) in [6.45, 7) is 5.68. The number of ether oxygens (including phenoxy) is 1. The van der Waals surface area contributed by atoms with Gasteiger partial charge in [0.2, 0.25) is 5.91 Å². The lowest BCUT2D eigenvalue weighted by molar-refractivity contribution is -0.115. The summed E-state index contributed by atoms with van der Waals surface area (Å²) in [6.07, 6.45) is 0.0612. The first-order valence-electron chi connectivity index (χ1n) is 13.1. The normalized spacial score (nSPS) is 18.2. The molecular formula is C31H37N3O4. The average molecular weight is 516 g/mol. The van der Waals surface area contributed by atoms with E-state index in [4.69, 9.17) is 4.74 Å². The van der Waals surface area contributed by atoms with E-state index in [9.17, 15) is 14.7 Å². The van der Waals surface area contributed by atoms with Gasteiger partial charge in [0.05, 0.1) is 24.6 Å². The number of aliphatic hydroxyl groups excluding tert-OH is 1. The Morgan fingerprint density at radius 2 is 1.74 bits per heavy atom. The van der Waals surface area contributed by atoms with Crippen LogP contribution in [0.15, 0.2) is 78.9 Å². The molecule has 1 aliphatic rings. The molecule has 7 nitrogen and oxygen atoms in total. The number of nitrogens with zero attached hydrogens (tertiary/aromatic N) is 2. The summed E-state index contributed by atoms with van der Waals surface area (Å²) in [5.41, 5.74) is 3.04. The van der Waals surface area contributed by atoms with Crippen molar-refractivity contribution in [3.05, 3.63) is 95.6 Å². The minimum Gasteiger partial charge on any atom is -0.488 e. The molecule has 3 atom stereocenters. The predicted molar refractivity (Wildman–Crippen MR) is 149 cm³/mol. The van der Waals surface area contributed by atoms with Crippen LogP contribution in [0.5, 0.6) is 5.75 Å². The van der Waals surface area contributed by atoms with E-state index < -0.39 is 0 Å². The quantitative estimate of drug-likeness (QED) is 0.446. The van der Waals surface area contributed by atoms with Crippen molar-refractivity contribution >= 4 is 17.5 Å². The number of likely N-dealkylation sites (N-methyl/N-ethyl adjacent to an activating group) is 1. The fourth-order valence-electron chi connectivity index (χ4n) is 4.77. The third-order valence-corrected chi connectivity index (χ3v) is 6.94. The van der Waals surface area contributed by atoms with E-state index in [2.05, 4.69) is 36.3 Å². The molecule has 0 fully saturated rings. The van der Waals surface area contributed by atoms with Crippen molar-refractivity contribution in [1.82, 2.24) is 9.80 Å². The van der Waals surface area contributed by atoms with Crippen molar-refractivity contribution in [2.45, 2.75) is 39.0 Å². The number of hydrogen-bond acceptors (Lipinski definition) is 5. The number of carbonyl (C=O) groups is 2. The molecule has 0 unspecified atom stereocenters. The zero-order valence-corrected chi connectivity index (χ0v) is 22.3. The minimum atomic E-state index is -0.352. The second-order valence-electron chi connectivity index (χ2n) is 10.2. The second kappa shape index (κ2) is 12.7. The van der Waals surface area contributed by atoms with Gasteiger partial charge in [-0.1, -0.05) is 67.6 Å². The van der Waals surface area contributed by atoms with Gasteiger partial charge in [0.25, 0.3) is 5.91 Å². The molecule has 0 radical (unpaired) electrons. The Morgan fingerprint density at radius 3 is 2.39 bits per heavy atom. The maximum atomic E-state index is 13.6. The van der Waals surface area contributed by atoms with Gasteiger partial charge in [-0.05, 0) is 43.3 Å². The average Bonchev–Trinajstić information content (AvgIpc) is 2.91. The number of hydrogen-bond donors (Lipinski definition) is 2. The molecule has 0 bridgehead atoms. The highest BCUT2D eigenvalue weighted by Gasteiger charge is 2.33. The van der Waals surface area contributed by atoms with Crippen LogP contribution in [0, 0.1) is 5.92 Å². The van der Waals surface area contributed by atoms with Gasteiger partial charge in [0, 0.05) is 31.2 Å². The summed E-state index contributed by atoms with van der Waals surface area (Å²) in [5.74, 6) is 0.133. The largest absolute Gasteiger partial charge is 0.488 e. The Labute approximate surface area is 225 Å². The van der Waals surface area contributed by atoms with Crippen molar-refractivity contribution in [1.29, 1.82) is 0 Å². The number of benzene rings is 3. The van der Waals surface area contributed by atoms with Crippen molar-refractivity contribution in [2.75, 3.05) is 32.1 Å². The molecule has 7 heteroatoms. The summed E-state index contributed by atoms with van der Waals surface area (Å²) < 4.78 is 6.48. The van der Waals surface area contributed by atoms with Crippen LogP contribution in [0.2, 0.25) is 0 Å². The number of fused-ring (bicyclic) bond motifs is 1. The molecule has 38 heavy (non-hydrogen) atoms. The van der Waals surface area contributed by atoms with Crippen LogP contribution in [-0.4, -0.2) is 65.6 Å². The standard InChI is InChI=1S/C31H37N3O4/c1-22-18-34(23(2)21-35)31(37)27-17-26(32-30(36)16-24-10-6-4-7-11-24)14-15-28(27)38-29(22)20-33(3)19-25-12-8-5-9-13-25/h4-15,17,22-23,29,35H,16,18-21H2,1-3H3,(H,32,36)/t22-,23+,29-/m0/s1. The van der Waals surface area contributed by atoms with E-state index in [1.54, 1.807) is 23.1 Å². The first-order chi connectivity index (χ1) is 18.3. The van der Waals surface area contributed by atoms with Crippen LogP contribution in [-0.2, 0) is 17.8 Å². The molecule has 2 amide bonds. The van der Waals surface area contributed by atoms with E-state index in [-0.39, 0.29) is 42.9 Å². The number of nitrogens with one attached hydrogen (secondary N) is 1. The number of aliphatic hydroxyl groups is 1. The van der Waals surface area contributed by atoms with E-state index in [0.717, 1.165) is 12.1 Å². The number of anilines is 1. The van der Waals surface area contributed by atoms with Gasteiger partial charge in [-0.15, -0.1) is 0 Å². The highest BCUT2D eigenvalue weighted by molar-refractivity contribution is 6.00. The summed E-state index contributed by atoms with van der Waals surface area (Å²) in [5, 5.41) is 12.8. The third-order valence-electron chi connectivity index (χ3n) is 6.94. The van der Waals surface area contributed by atoms with Crippen LogP contribution in [0.1, 0.15) is 35.3 Å². The molecule has 3 aromatic rings. The Hall–Kier alpha value is -3.68. The van der Waals surface area contributed by atoms with E-state index in [0.29, 0.717) is 30.1 Å². The smallest absolute Gasteiger partial charge is 0.258 e. The van der Waals surface area contributed by atoms with Crippen LogP contribution < -0.4 is 10.1 Å². The van der Waals surface area contributed by atoms with E-state index >= 15 is 0 Å². The summed E-state index contributed by atoms with van der Waals surface area (Å²) in [7, 11) is 2.06.